The van der Waals surface area contributed by atoms with Crippen LogP contribution < -0.4 is 25.1 Å². The van der Waals surface area contributed by atoms with Crippen molar-refractivity contribution in [2.75, 3.05) is 30.5 Å². The molecule has 0 atom stereocenters. The average molecular weight is 455 g/mol. The molecular formula is C24H23ClN2O5. The summed E-state index contributed by atoms with van der Waals surface area (Å²) in [5.74, 6) is 0.512. The van der Waals surface area contributed by atoms with Crippen molar-refractivity contribution in [2.45, 2.75) is 19.4 Å². The number of methoxy groups -OCH3 is 1. The Kier molecular flexibility index (Phi) is 6.66. The van der Waals surface area contributed by atoms with Crippen LogP contribution in [0.5, 0.6) is 11.5 Å². The number of anilines is 2. The van der Waals surface area contributed by atoms with Gasteiger partial charge in [-0.15, -0.1) is 0 Å². The number of aryl methyl sites for hydroxylation is 1. The maximum Gasteiger partial charge on any atom is 0.262 e. The topological polar surface area (TPSA) is 81.0 Å². The molecule has 2 aromatic carbocycles. The number of rotatable bonds is 7. The van der Waals surface area contributed by atoms with Crippen LogP contribution in [0.1, 0.15) is 17.7 Å². The van der Waals surface area contributed by atoms with Crippen molar-refractivity contribution >= 4 is 28.9 Å². The molecule has 1 aromatic heterocycles. The number of halogens is 1. The van der Waals surface area contributed by atoms with Crippen molar-refractivity contribution in [3.8, 4) is 11.5 Å². The number of carbonyl (C=O) groups excluding carboxylic acids is 1. The average Bonchev–Trinajstić information content (AvgIpc) is 2.79. The molecule has 1 N–H and O–H groups in total. The van der Waals surface area contributed by atoms with Crippen molar-refractivity contribution in [2.24, 2.45) is 0 Å². The molecule has 0 radical (unpaired) electrons. The Balaban J connectivity index is 1.38. The van der Waals surface area contributed by atoms with E-state index in [1.807, 2.05) is 12.1 Å². The summed E-state index contributed by atoms with van der Waals surface area (Å²) in [6.07, 6.45) is 3.35. The smallest absolute Gasteiger partial charge is 0.262 e. The number of fused-ring (bicyclic) bond motifs is 1. The lowest BCUT2D eigenvalue weighted by Gasteiger charge is -2.30. The lowest BCUT2D eigenvalue weighted by Crippen LogP contribution is -2.29. The summed E-state index contributed by atoms with van der Waals surface area (Å²) in [5.41, 5.74) is 2.53. The fourth-order valence-corrected chi connectivity index (χ4v) is 3.87. The first-order valence-electron chi connectivity index (χ1n) is 10.2. The van der Waals surface area contributed by atoms with Crippen molar-refractivity contribution in [1.82, 2.24) is 0 Å². The van der Waals surface area contributed by atoms with Gasteiger partial charge >= 0.3 is 0 Å². The summed E-state index contributed by atoms with van der Waals surface area (Å²) in [5, 5.41) is 3.11. The number of nitrogens with one attached hydrogen (secondary N) is 1. The maximum absolute atomic E-state index is 12.5. The van der Waals surface area contributed by atoms with Crippen LogP contribution in [0.4, 0.5) is 11.4 Å². The molecule has 0 unspecified atom stereocenters. The summed E-state index contributed by atoms with van der Waals surface area (Å²) >= 11 is 5.97. The Morgan fingerprint density at radius 2 is 2.03 bits per heavy atom. The first-order chi connectivity index (χ1) is 15.5. The molecule has 3 aromatic rings. The lowest BCUT2D eigenvalue weighted by molar-refractivity contribution is -0.118. The van der Waals surface area contributed by atoms with Gasteiger partial charge < -0.3 is 24.1 Å². The van der Waals surface area contributed by atoms with Crippen molar-refractivity contribution in [3.05, 3.63) is 81.4 Å². The molecule has 7 nitrogen and oxygen atoms in total. The predicted molar refractivity (Wildman–Crippen MR) is 123 cm³/mol. The third-order valence-corrected chi connectivity index (χ3v) is 5.43. The molecular weight excluding hydrogens is 432 g/mol. The Bertz CT molecular complexity index is 1180. The highest BCUT2D eigenvalue weighted by Crippen LogP contribution is 2.29. The number of ether oxygens (including phenoxy) is 2. The third kappa shape index (κ3) is 5.06. The molecule has 1 amide bonds. The first-order valence-corrected chi connectivity index (χ1v) is 10.6. The summed E-state index contributed by atoms with van der Waals surface area (Å²) in [6.45, 7) is 1.02. The van der Waals surface area contributed by atoms with Gasteiger partial charge in [0.1, 0.15) is 17.8 Å². The van der Waals surface area contributed by atoms with Crippen molar-refractivity contribution in [1.29, 1.82) is 0 Å². The molecule has 0 saturated carbocycles. The van der Waals surface area contributed by atoms with Crippen LogP contribution in [0.2, 0.25) is 5.02 Å². The Labute approximate surface area is 190 Å². The second kappa shape index (κ2) is 9.78. The van der Waals surface area contributed by atoms with E-state index in [0.29, 0.717) is 28.8 Å². The fraction of sp³-hybridized carbons (Fsp3) is 0.250. The molecule has 4 rings (SSSR count). The van der Waals surface area contributed by atoms with Gasteiger partial charge in [-0.2, -0.15) is 0 Å². The molecule has 0 spiro atoms. The van der Waals surface area contributed by atoms with Gasteiger partial charge in [0.25, 0.3) is 5.91 Å². The standard InChI is InChI=1S/C24H23ClN2O5/c1-30-22-9-8-17(25)11-19(22)26-24(29)15-32-23-14-31-18(12-21(23)28)13-27-10-4-6-16-5-2-3-7-20(16)27/h2-3,5,7-9,11-12,14H,4,6,10,13,15H2,1H3,(H,26,29). The Morgan fingerprint density at radius 1 is 1.19 bits per heavy atom. The Hall–Kier alpha value is -3.45. The van der Waals surface area contributed by atoms with E-state index >= 15 is 0 Å². The van der Waals surface area contributed by atoms with Crippen LogP contribution in [0.25, 0.3) is 0 Å². The van der Waals surface area contributed by atoms with Gasteiger partial charge in [-0.1, -0.05) is 29.8 Å². The van der Waals surface area contributed by atoms with Crippen molar-refractivity contribution in [3.63, 3.8) is 0 Å². The van der Waals surface area contributed by atoms with Crippen LogP contribution in [0.15, 0.2) is 64.0 Å². The summed E-state index contributed by atoms with van der Waals surface area (Å²) in [7, 11) is 1.49. The van der Waals surface area contributed by atoms with E-state index in [1.54, 1.807) is 18.2 Å². The molecule has 0 bridgehead atoms. The van der Waals surface area contributed by atoms with E-state index in [1.165, 1.54) is 25.0 Å². The van der Waals surface area contributed by atoms with Gasteiger partial charge in [-0.3, -0.25) is 9.59 Å². The van der Waals surface area contributed by atoms with Crippen molar-refractivity contribution < 1.29 is 18.7 Å². The number of nitrogens with zero attached hydrogens (tertiary/aromatic N) is 1. The quantitative estimate of drug-likeness (QED) is 0.574. The van der Waals surface area contributed by atoms with E-state index in [2.05, 4.69) is 22.3 Å². The molecule has 2 heterocycles. The van der Waals surface area contributed by atoms with E-state index in [4.69, 9.17) is 25.5 Å². The first kappa shape index (κ1) is 21.8. The van der Waals surface area contributed by atoms with Gasteiger partial charge in [0.2, 0.25) is 11.2 Å². The van der Waals surface area contributed by atoms with E-state index < -0.39 is 5.91 Å². The SMILES string of the molecule is COc1ccc(Cl)cc1NC(=O)COc1coc(CN2CCCc3ccccc32)cc1=O. The minimum atomic E-state index is -0.459. The number of carbonyl (C=O) groups is 1. The van der Waals surface area contributed by atoms with Crippen LogP contribution in [0.3, 0.4) is 0 Å². The van der Waals surface area contributed by atoms with Gasteiger partial charge in [0.15, 0.2) is 6.61 Å². The van der Waals surface area contributed by atoms with Crippen LogP contribution in [-0.2, 0) is 17.8 Å². The molecule has 0 aliphatic carbocycles. The highest BCUT2D eigenvalue weighted by Gasteiger charge is 2.18. The zero-order chi connectivity index (χ0) is 22.5. The van der Waals surface area contributed by atoms with Gasteiger partial charge in [0, 0.05) is 23.3 Å². The number of hydrogen-bond acceptors (Lipinski definition) is 6. The fourth-order valence-electron chi connectivity index (χ4n) is 3.70. The highest BCUT2D eigenvalue weighted by molar-refractivity contribution is 6.31. The largest absolute Gasteiger partial charge is 0.495 e. The monoisotopic (exact) mass is 454 g/mol. The lowest BCUT2D eigenvalue weighted by atomic mass is 10.0. The predicted octanol–water partition coefficient (Wildman–Crippen LogP) is 4.27. The number of hydrogen-bond donors (Lipinski definition) is 1. The van der Waals surface area contributed by atoms with E-state index in [-0.39, 0.29) is 17.8 Å². The normalized spacial score (nSPS) is 12.8. The number of benzene rings is 2. The Morgan fingerprint density at radius 3 is 2.84 bits per heavy atom. The van der Waals surface area contributed by atoms with E-state index in [9.17, 15) is 9.59 Å². The van der Waals surface area contributed by atoms with E-state index in [0.717, 1.165) is 25.1 Å². The maximum atomic E-state index is 12.5. The van der Waals surface area contributed by atoms with Crippen LogP contribution in [0, 0.1) is 0 Å². The zero-order valence-corrected chi connectivity index (χ0v) is 18.4. The second-order valence-corrected chi connectivity index (χ2v) is 7.85. The van der Waals surface area contributed by atoms with Crippen LogP contribution >= 0.6 is 11.6 Å². The highest BCUT2D eigenvalue weighted by atomic mass is 35.5. The molecule has 1 aliphatic rings. The summed E-state index contributed by atoms with van der Waals surface area (Å²) in [6, 6.07) is 14.5. The van der Waals surface area contributed by atoms with Gasteiger partial charge in [-0.25, -0.2) is 0 Å². The van der Waals surface area contributed by atoms with Crippen LogP contribution in [-0.4, -0.2) is 26.2 Å². The molecule has 0 fully saturated rings. The number of para-hydroxylation sites is 1. The third-order valence-electron chi connectivity index (χ3n) is 5.20. The minimum Gasteiger partial charge on any atom is -0.495 e. The molecule has 8 heteroatoms. The molecule has 32 heavy (non-hydrogen) atoms. The molecule has 166 valence electrons. The summed E-state index contributed by atoms with van der Waals surface area (Å²) in [4.78, 5) is 26.9. The van der Waals surface area contributed by atoms with Gasteiger partial charge in [-0.05, 0) is 42.7 Å². The second-order valence-electron chi connectivity index (χ2n) is 7.41. The number of amides is 1. The molecule has 1 aliphatic heterocycles. The van der Waals surface area contributed by atoms with Gasteiger partial charge in [0.05, 0.1) is 19.3 Å². The zero-order valence-electron chi connectivity index (χ0n) is 17.6. The minimum absolute atomic E-state index is 0.0268. The summed E-state index contributed by atoms with van der Waals surface area (Å²) < 4.78 is 16.2. The molecule has 0 saturated heterocycles.